The Bertz CT molecular complexity index is 1370. The minimum Gasteiger partial charge on any atom is -0.455 e. The first-order valence-corrected chi connectivity index (χ1v) is 12.0. The summed E-state index contributed by atoms with van der Waals surface area (Å²) in [6, 6.07) is 11.6. The molecule has 0 amide bonds. The SMILES string of the molecule is CC(C)OC(=O)OCOc1c(C(Nc2ncccn2)c2cccc(Cl)c2Cl)cc(Cl)c2cccnc12. The van der Waals surface area contributed by atoms with Crippen LogP contribution in [0.5, 0.6) is 5.75 Å². The van der Waals surface area contributed by atoms with Gasteiger partial charge in [0.05, 0.1) is 27.2 Å². The highest BCUT2D eigenvalue weighted by Crippen LogP contribution is 2.43. The molecule has 0 spiro atoms. The van der Waals surface area contributed by atoms with Gasteiger partial charge in [0.2, 0.25) is 12.7 Å². The van der Waals surface area contributed by atoms with Crippen LogP contribution in [0.1, 0.15) is 31.0 Å². The summed E-state index contributed by atoms with van der Waals surface area (Å²) in [4.78, 5) is 24.9. The summed E-state index contributed by atoms with van der Waals surface area (Å²) >= 11 is 19.6. The Morgan fingerprint density at radius 3 is 2.44 bits per heavy atom. The number of hydrogen-bond donors (Lipinski definition) is 1. The van der Waals surface area contributed by atoms with Crippen LogP contribution >= 0.6 is 34.8 Å². The molecule has 0 bridgehead atoms. The fraction of sp³-hybridized carbons (Fsp3) is 0.200. The zero-order valence-electron chi connectivity index (χ0n) is 19.2. The zero-order chi connectivity index (χ0) is 25.7. The molecule has 0 aliphatic rings. The number of carbonyl (C=O) groups excluding carboxylic acids is 1. The average molecular weight is 548 g/mol. The predicted molar refractivity (Wildman–Crippen MR) is 139 cm³/mol. The lowest BCUT2D eigenvalue weighted by molar-refractivity contribution is -0.00807. The molecule has 4 rings (SSSR count). The van der Waals surface area contributed by atoms with Crippen LogP contribution in [-0.4, -0.2) is 34.0 Å². The summed E-state index contributed by atoms with van der Waals surface area (Å²) < 4.78 is 16.1. The number of hydrogen-bond acceptors (Lipinski definition) is 8. The highest BCUT2D eigenvalue weighted by molar-refractivity contribution is 6.42. The Morgan fingerprint density at radius 1 is 0.944 bits per heavy atom. The molecule has 0 aliphatic heterocycles. The maximum atomic E-state index is 11.9. The van der Waals surface area contributed by atoms with Gasteiger partial charge in [-0.05, 0) is 49.7 Å². The van der Waals surface area contributed by atoms with Gasteiger partial charge in [0.25, 0.3) is 0 Å². The Morgan fingerprint density at radius 2 is 1.69 bits per heavy atom. The van der Waals surface area contributed by atoms with Crippen molar-refractivity contribution in [3.8, 4) is 5.75 Å². The summed E-state index contributed by atoms with van der Waals surface area (Å²) in [5.41, 5.74) is 1.62. The van der Waals surface area contributed by atoms with Crippen LogP contribution in [0.2, 0.25) is 15.1 Å². The lowest BCUT2D eigenvalue weighted by Gasteiger charge is -2.24. The van der Waals surface area contributed by atoms with E-state index in [9.17, 15) is 4.79 Å². The Balaban J connectivity index is 1.84. The van der Waals surface area contributed by atoms with Crippen LogP contribution in [0.3, 0.4) is 0 Å². The molecule has 8 nitrogen and oxygen atoms in total. The van der Waals surface area contributed by atoms with Crippen LogP contribution in [0.15, 0.2) is 61.1 Å². The molecule has 36 heavy (non-hydrogen) atoms. The number of nitrogens with zero attached hydrogens (tertiary/aromatic N) is 3. The number of anilines is 1. The Labute approximate surface area is 222 Å². The van der Waals surface area contributed by atoms with Crippen LogP contribution in [0, 0.1) is 0 Å². The van der Waals surface area contributed by atoms with Crippen LogP contribution in [0.25, 0.3) is 10.9 Å². The molecule has 1 unspecified atom stereocenters. The predicted octanol–water partition coefficient (Wildman–Crippen LogP) is 7.08. The van der Waals surface area contributed by atoms with E-state index in [2.05, 4.69) is 20.3 Å². The van der Waals surface area contributed by atoms with Crippen molar-refractivity contribution in [1.29, 1.82) is 0 Å². The summed E-state index contributed by atoms with van der Waals surface area (Å²) in [5, 5.41) is 5.04. The van der Waals surface area contributed by atoms with Crippen molar-refractivity contribution < 1.29 is 19.0 Å². The quantitative estimate of drug-likeness (QED) is 0.185. The average Bonchev–Trinajstić information content (AvgIpc) is 2.86. The van der Waals surface area contributed by atoms with Crippen LogP contribution in [-0.2, 0) is 9.47 Å². The molecule has 0 saturated carbocycles. The van der Waals surface area contributed by atoms with E-state index < -0.39 is 19.0 Å². The lowest BCUT2D eigenvalue weighted by Crippen LogP contribution is -2.19. The van der Waals surface area contributed by atoms with Gasteiger partial charge in [-0.1, -0.05) is 46.9 Å². The number of aromatic nitrogens is 3. The van der Waals surface area contributed by atoms with Crippen molar-refractivity contribution in [2.24, 2.45) is 0 Å². The van der Waals surface area contributed by atoms with E-state index in [0.29, 0.717) is 48.8 Å². The fourth-order valence-electron chi connectivity index (χ4n) is 3.49. The fourth-order valence-corrected chi connectivity index (χ4v) is 4.18. The number of nitrogens with one attached hydrogen (secondary N) is 1. The number of carbonyl (C=O) groups is 1. The molecule has 1 atom stereocenters. The van der Waals surface area contributed by atoms with Gasteiger partial charge in [0.1, 0.15) is 5.52 Å². The van der Waals surface area contributed by atoms with Crippen molar-refractivity contribution >= 4 is 57.8 Å². The minimum absolute atomic E-state index is 0.317. The Kier molecular flexibility index (Phi) is 8.30. The summed E-state index contributed by atoms with van der Waals surface area (Å²) in [5.74, 6) is 0.648. The number of rotatable bonds is 8. The third kappa shape index (κ3) is 5.90. The molecule has 2 heterocycles. The number of pyridine rings is 1. The maximum Gasteiger partial charge on any atom is 0.511 e. The second-order valence-electron chi connectivity index (χ2n) is 7.79. The van der Waals surface area contributed by atoms with Gasteiger partial charge in [-0.2, -0.15) is 0 Å². The highest BCUT2D eigenvalue weighted by Gasteiger charge is 2.26. The molecule has 186 valence electrons. The number of benzene rings is 2. The normalized spacial score (nSPS) is 11.8. The highest BCUT2D eigenvalue weighted by atomic mass is 35.5. The van der Waals surface area contributed by atoms with E-state index in [4.69, 9.17) is 49.0 Å². The van der Waals surface area contributed by atoms with E-state index >= 15 is 0 Å². The monoisotopic (exact) mass is 546 g/mol. The molecular weight excluding hydrogens is 527 g/mol. The van der Waals surface area contributed by atoms with Crippen LogP contribution < -0.4 is 10.1 Å². The smallest absolute Gasteiger partial charge is 0.455 e. The summed E-state index contributed by atoms with van der Waals surface area (Å²) in [7, 11) is 0. The second-order valence-corrected chi connectivity index (χ2v) is 8.98. The van der Waals surface area contributed by atoms with Gasteiger partial charge in [0.15, 0.2) is 5.75 Å². The van der Waals surface area contributed by atoms with Crippen molar-refractivity contribution in [3.05, 3.63) is 87.2 Å². The number of ether oxygens (including phenoxy) is 3. The maximum absolute atomic E-state index is 11.9. The van der Waals surface area contributed by atoms with Gasteiger partial charge in [0, 0.05) is 29.5 Å². The van der Waals surface area contributed by atoms with E-state index in [-0.39, 0.29) is 6.10 Å². The van der Waals surface area contributed by atoms with Gasteiger partial charge in [-0.3, -0.25) is 4.98 Å². The standard InChI is InChI=1S/C25H21Cl3N4O4/c1-14(2)36-25(33)35-13-34-23-17(12-19(27)15-7-4-9-29-22(15)23)21(32-24-30-10-5-11-31-24)16-6-3-8-18(26)20(16)28/h3-12,14,21H,13H2,1-2H3,(H,30,31,32). The number of fused-ring (bicyclic) bond motifs is 1. The molecule has 11 heteroatoms. The summed E-state index contributed by atoms with van der Waals surface area (Å²) in [6.45, 7) is 3.00. The molecule has 4 aromatic rings. The van der Waals surface area contributed by atoms with E-state index in [1.165, 1.54) is 0 Å². The topological polar surface area (TPSA) is 95.5 Å². The largest absolute Gasteiger partial charge is 0.511 e. The molecular formula is C25H21Cl3N4O4. The molecule has 0 radical (unpaired) electrons. The number of halogens is 3. The first-order valence-electron chi connectivity index (χ1n) is 10.9. The summed E-state index contributed by atoms with van der Waals surface area (Å²) in [6.07, 6.45) is 3.62. The molecule has 0 fully saturated rings. The van der Waals surface area contributed by atoms with E-state index in [0.717, 1.165) is 0 Å². The third-order valence-electron chi connectivity index (χ3n) is 4.98. The van der Waals surface area contributed by atoms with E-state index in [1.54, 1.807) is 62.8 Å². The van der Waals surface area contributed by atoms with Gasteiger partial charge >= 0.3 is 6.16 Å². The first kappa shape index (κ1) is 25.8. The molecule has 0 aliphatic carbocycles. The first-order chi connectivity index (χ1) is 17.3. The van der Waals surface area contributed by atoms with Crippen molar-refractivity contribution in [1.82, 2.24) is 15.0 Å². The van der Waals surface area contributed by atoms with Gasteiger partial charge < -0.3 is 19.5 Å². The van der Waals surface area contributed by atoms with Crippen molar-refractivity contribution in [3.63, 3.8) is 0 Å². The Hall–Kier alpha value is -3.33. The van der Waals surface area contributed by atoms with E-state index in [1.807, 2.05) is 12.1 Å². The second kappa shape index (κ2) is 11.6. The van der Waals surface area contributed by atoms with Crippen molar-refractivity contribution in [2.45, 2.75) is 26.0 Å². The van der Waals surface area contributed by atoms with Gasteiger partial charge in [-0.15, -0.1) is 0 Å². The molecule has 1 N–H and O–H groups in total. The van der Waals surface area contributed by atoms with Gasteiger partial charge in [-0.25, -0.2) is 14.8 Å². The minimum atomic E-state index is -0.858. The molecule has 2 aromatic carbocycles. The van der Waals surface area contributed by atoms with Crippen molar-refractivity contribution in [2.75, 3.05) is 12.1 Å². The molecule has 2 aromatic heterocycles. The molecule has 0 saturated heterocycles. The van der Waals surface area contributed by atoms with Crippen LogP contribution in [0.4, 0.5) is 10.7 Å². The zero-order valence-corrected chi connectivity index (χ0v) is 21.5. The third-order valence-corrected chi connectivity index (χ3v) is 6.13. The lowest BCUT2D eigenvalue weighted by atomic mass is 9.96.